The Bertz CT molecular complexity index is 706. The Hall–Kier alpha value is -2.44. The highest BCUT2D eigenvalue weighted by Crippen LogP contribution is 2.41. The Kier molecular flexibility index (Phi) is 3.12. The highest BCUT2D eigenvalue weighted by molar-refractivity contribution is 6.05. The lowest BCUT2D eigenvalue weighted by Crippen LogP contribution is -2.59. The monoisotopic (exact) mass is 287 g/mol. The van der Waals surface area contributed by atoms with E-state index in [4.69, 9.17) is 5.73 Å². The van der Waals surface area contributed by atoms with Gasteiger partial charge in [-0.3, -0.25) is 9.59 Å². The molecule has 2 aromatic rings. The van der Waals surface area contributed by atoms with Crippen molar-refractivity contribution in [1.82, 2.24) is 20.3 Å². The number of fused-ring (bicyclic) bond motifs is 1. The largest absolute Gasteiger partial charge is 0.368 e. The van der Waals surface area contributed by atoms with E-state index < -0.39 is 17.4 Å². The summed E-state index contributed by atoms with van der Waals surface area (Å²) in [5, 5.41) is 3.45. The van der Waals surface area contributed by atoms with Crippen molar-refractivity contribution >= 4 is 22.8 Å². The first-order valence-electron chi connectivity index (χ1n) is 6.99. The van der Waals surface area contributed by atoms with E-state index in [0.29, 0.717) is 17.5 Å². The molecule has 1 aliphatic rings. The average Bonchev–Trinajstić information content (AvgIpc) is 3.21. The van der Waals surface area contributed by atoms with Gasteiger partial charge in [-0.25, -0.2) is 9.97 Å². The third-order valence-corrected chi connectivity index (χ3v) is 4.18. The van der Waals surface area contributed by atoms with Crippen molar-refractivity contribution in [3.05, 3.63) is 24.3 Å². The second kappa shape index (κ2) is 4.83. The number of nitrogens with two attached hydrogens (primary N) is 1. The van der Waals surface area contributed by atoms with E-state index in [0.717, 1.165) is 12.8 Å². The molecule has 4 N–H and O–H groups in total. The van der Waals surface area contributed by atoms with E-state index in [9.17, 15) is 9.59 Å². The van der Waals surface area contributed by atoms with Gasteiger partial charge < -0.3 is 16.0 Å². The van der Waals surface area contributed by atoms with Crippen LogP contribution in [0.15, 0.2) is 18.6 Å². The van der Waals surface area contributed by atoms with Crippen LogP contribution < -0.4 is 11.1 Å². The highest BCUT2D eigenvalue weighted by Gasteiger charge is 2.49. The number of carbonyl (C=O) groups is 2. The van der Waals surface area contributed by atoms with E-state index >= 15 is 0 Å². The number of carbonyl (C=O) groups excluding carboxylic acids is 2. The molecule has 110 valence electrons. The van der Waals surface area contributed by atoms with Crippen molar-refractivity contribution < 1.29 is 9.59 Å². The summed E-state index contributed by atoms with van der Waals surface area (Å²) in [5.41, 5.74) is 5.40. The maximum Gasteiger partial charge on any atom is 0.271 e. The molecule has 0 spiro atoms. The van der Waals surface area contributed by atoms with Gasteiger partial charge in [-0.05, 0) is 31.2 Å². The van der Waals surface area contributed by atoms with Gasteiger partial charge in [0, 0.05) is 6.20 Å². The van der Waals surface area contributed by atoms with E-state index in [1.165, 1.54) is 6.33 Å². The van der Waals surface area contributed by atoms with Crippen LogP contribution in [-0.2, 0) is 4.79 Å². The highest BCUT2D eigenvalue weighted by atomic mass is 16.2. The van der Waals surface area contributed by atoms with Crippen LogP contribution in [0.25, 0.3) is 11.0 Å². The van der Waals surface area contributed by atoms with Crippen molar-refractivity contribution in [2.45, 2.75) is 31.7 Å². The standard InChI is InChI=1S/C14H17N5O2/c1-2-14(13(15)21,8-3-4-8)19-12(20)10-9-5-6-16-11(9)18-7-17-10/h5-8H,2-4H2,1H3,(H2,15,21)(H,19,20)(H,16,17,18). The van der Waals surface area contributed by atoms with Crippen molar-refractivity contribution in [1.29, 1.82) is 0 Å². The molecule has 0 saturated heterocycles. The van der Waals surface area contributed by atoms with E-state index in [1.807, 2.05) is 6.92 Å². The minimum atomic E-state index is -0.981. The van der Waals surface area contributed by atoms with Crippen LogP contribution >= 0.6 is 0 Å². The van der Waals surface area contributed by atoms with Gasteiger partial charge in [-0.1, -0.05) is 6.92 Å². The number of nitrogens with one attached hydrogen (secondary N) is 2. The third kappa shape index (κ3) is 2.14. The van der Waals surface area contributed by atoms with Crippen LogP contribution in [0.2, 0.25) is 0 Å². The number of aromatic amines is 1. The minimum Gasteiger partial charge on any atom is -0.368 e. The van der Waals surface area contributed by atoms with Gasteiger partial charge >= 0.3 is 0 Å². The molecular formula is C14H17N5O2. The molecule has 7 nitrogen and oxygen atoms in total. The van der Waals surface area contributed by atoms with Gasteiger partial charge in [-0.2, -0.15) is 0 Å². The Balaban J connectivity index is 1.95. The number of hydrogen-bond acceptors (Lipinski definition) is 4. The molecular weight excluding hydrogens is 270 g/mol. The maximum atomic E-state index is 12.5. The summed E-state index contributed by atoms with van der Waals surface area (Å²) in [6.07, 6.45) is 5.29. The van der Waals surface area contributed by atoms with Gasteiger partial charge in [-0.15, -0.1) is 0 Å². The lowest BCUT2D eigenvalue weighted by molar-refractivity contribution is -0.125. The van der Waals surface area contributed by atoms with Crippen molar-refractivity contribution in [2.24, 2.45) is 11.7 Å². The first-order valence-corrected chi connectivity index (χ1v) is 6.99. The molecule has 2 heterocycles. The Morgan fingerprint density at radius 2 is 2.24 bits per heavy atom. The summed E-state index contributed by atoms with van der Waals surface area (Å²) >= 11 is 0. The second-order valence-electron chi connectivity index (χ2n) is 5.38. The summed E-state index contributed by atoms with van der Waals surface area (Å²) in [4.78, 5) is 35.4. The molecule has 1 atom stereocenters. The van der Waals surface area contributed by atoms with Crippen molar-refractivity contribution in [3.8, 4) is 0 Å². The summed E-state index contributed by atoms with van der Waals surface area (Å²) in [6.45, 7) is 1.86. The minimum absolute atomic E-state index is 0.118. The van der Waals surface area contributed by atoms with E-state index in [1.54, 1.807) is 12.3 Å². The van der Waals surface area contributed by atoms with Crippen LogP contribution in [-0.4, -0.2) is 32.3 Å². The molecule has 0 bridgehead atoms. The van der Waals surface area contributed by atoms with Crippen molar-refractivity contribution in [3.63, 3.8) is 0 Å². The Morgan fingerprint density at radius 3 is 2.86 bits per heavy atom. The number of amides is 2. The lowest BCUT2D eigenvalue weighted by atomic mass is 9.89. The molecule has 2 aromatic heterocycles. The molecule has 1 unspecified atom stereocenters. The number of rotatable bonds is 5. The average molecular weight is 287 g/mol. The van der Waals surface area contributed by atoms with Gasteiger partial charge in [0.25, 0.3) is 5.91 Å². The Morgan fingerprint density at radius 1 is 1.48 bits per heavy atom. The number of nitrogens with zero attached hydrogens (tertiary/aromatic N) is 2. The van der Waals surface area contributed by atoms with Crippen LogP contribution in [0.5, 0.6) is 0 Å². The van der Waals surface area contributed by atoms with Crippen molar-refractivity contribution in [2.75, 3.05) is 0 Å². The molecule has 1 aliphatic carbocycles. The fourth-order valence-electron chi connectivity index (χ4n) is 2.81. The maximum absolute atomic E-state index is 12.5. The predicted molar refractivity (Wildman–Crippen MR) is 76.3 cm³/mol. The molecule has 1 fully saturated rings. The van der Waals surface area contributed by atoms with E-state index in [2.05, 4.69) is 20.3 Å². The zero-order valence-corrected chi connectivity index (χ0v) is 11.7. The van der Waals surface area contributed by atoms with Gasteiger partial charge in [0.2, 0.25) is 5.91 Å². The van der Waals surface area contributed by atoms with Crippen LogP contribution in [0, 0.1) is 5.92 Å². The molecule has 0 aliphatic heterocycles. The Labute approximate surface area is 121 Å². The second-order valence-corrected chi connectivity index (χ2v) is 5.38. The number of primary amides is 1. The summed E-state index contributed by atoms with van der Waals surface area (Å²) in [6, 6.07) is 1.74. The zero-order valence-electron chi connectivity index (χ0n) is 11.7. The van der Waals surface area contributed by atoms with E-state index in [-0.39, 0.29) is 11.6 Å². The molecule has 21 heavy (non-hydrogen) atoms. The van der Waals surface area contributed by atoms with Gasteiger partial charge in [0.05, 0.1) is 5.39 Å². The lowest BCUT2D eigenvalue weighted by Gasteiger charge is -2.30. The molecule has 7 heteroatoms. The fourth-order valence-corrected chi connectivity index (χ4v) is 2.81. The number of H-pyrrole nitrogens is 1. The molecule has 1 saturated carbocycles. The van der Waals surface area contributed by atoms with Crippen LogP contribution in [0.1, 0.15) is 36.7 Å². The SMILES string of the molecule is CCC(NC(=O)c1ncnc2[nH]ccc12)(C(N)=O)C1CC1. The summed E-state index contributed by atoms with van der Waals surface area (Å²) in [5.74, 6) is -0.762. The first kappa shape index (κ1) is 13.5. The van der Waals surface area contributed by atoms with Gasteiger partial charge in [0.15, 0.2) is 0 Å². The number of hydrogen-bond donors (Lipinski definition) is 3. The molecule has 0 radical (unpaired) electrons. The molecule has 0 aromatic carbocycles. The quantitative estimate of drug-likeness (QED) is 0.752. The topological polar surface area (TPSA) is 114 Å². The van der Waals surface area contributed by atoms with Gasteiger partial charge in [0.1, 0.15) is 23.2 Å². The van der Waals surface area contributed by atoms with Crippen LogP contribution in [0.3, 0.4) is 0 Å². The fraction of sp³-hybridized carbons (Fsp3) is 0.429. The molecule has 2 amide bonds. The third-order valence-electron chi connectivity index (χ3n) is 4.18. The first-order chi connectivity index (χ1) is 10.1. The normalized spacial score (nSPS) is 17.4. The smallest absolute Gasteiger partial charge is 0.271 e. The predicted octanol–water partition coefficient (Wildman–Crippen LogP) is 0.732. The summed E-state index contributed by atoms with van der Waals surface area (Å²) in [7, 11) is 0. The zero-order chi connectivity index (χ0) is 15.0. The number of aromatic nitrogens is 3. The molecule has 3 rings (SSSR count). The summed E-state index contributed by atoms with van der Waals surface area (Å²) < 4.78 is 0. The van der Waals surface area contributed by atoms with Crippen LogP contribution in [0.4, 0.5) is 0 Å².